The Hall–Kier alpha value is -0.120. The highest BCUT2D eigenvalue weighted by Crippen LogP contribution is 2.33. The fraction of sp³-hybridized carbons (Fsp3) is 1.00. The van der Waals surface area contributed by atoms with Gasteiger partial charge >= 0.3 is 0 Å². The van der Waals surface area contributed by atoms with Crippen molar-refractivity contribution >= 4 is 0 Å². The summed E-state index contributed by atoms with van der Waals surface area (Å²) in [6, 6.07) is 0.740. The van der Waals surface area contributed by atoms with Gasteiger partial charge in [-0.1, -0.05) is 6.92 Å². The fourth-order valence-corrected chi connectivity index (χ4v) is 2.98. The van der Waals surface area contributed by atoms with Crippen molar-refractivity contribution < 1.29 is 0 Å². The normalized spacial score (nSPS) is 27.3. The van der Waals surface area contributed by atoms with Gasteiger partial charge < -0.3 is 5.32 Å². The summed E-state index contributed by atoms with van der Waals surface area (Å²) < 4.78 is 0. The quantitative estimate of drug-likeness (QED) is 0.778. The summed E-state index contributed by atoms with van der Waals surface area (Å²) in [7, 11) is 2.26. The van der Waals surface area contributed by atoms with Crippen LogP contribution in [0.25, 0.3) is 0 Å². The Morgan fingerprint density at radius 1 is 1.28 bits per heavy atom. The Balaban J connectivity index is 1.83. The molecular formula is C15H31N3. The van der Waals surface area contributed by atoms with Crippen LogP contribution in [0, 0.1) is 5.92 Å². The molecule has 1 saturated heterocycles. The zero-order valence-corrected chi connectivity index (χ0v) is 12.7. The van der Waals surface area contributed by atoms with E-state index in [0.29, 0.717) is 5.54 Å². The van der Waals surface area contributed by atoms with Gasteiger partial charge in [-0.15, -0.1) is 0 Å². The van der Waals surface area contributed by atoms with Gasteiger partial charge in [0.1, 0.15) is 0 Å². The SMILES string of the molecule is CCCNC(CN1CCN(C)C(C)(C)C1)C1CC1. The van der Waals surface area contributed by atoms with Gasteiger partial charge in [0.25, 0.3) is 0 Å². The molecular weight excluding hydrogens is 222 g/mol. The minimum Gasteiger partial charge on any atom is -0.312 e. The molecule has 0 aromatic heterocycles. The van der Waals surface area contributed by atoms with E-state index in [0.717, 1.165) is 12.0 Å². The summed E-state index contributed by atoms with van der Waals surface area (Å²) in [5, 5.41) is 3.76. The van der Waals surface area contributed by atoms with Crippen molar-refractivity contribution in [2.24, 2.45) is 5.92 Å². The molecule has 0 spiro atoms. The predicted molar refractivity (Wildman–Crippen MR) is 78.0 cm³/mol. The highest BCUT2D eigenvalue weighted by Gasteiger charge is 2.35. The number of hydrogen-bond acceptors (Lipinski definition) is 3. The van der Waals surface area contributed by atoms with Crippen LogP contribution < -0.4 is 5.32 Å². The number of piperazine rings is 1. The van der Waals surface area contributed by atoms with Gasteiger partial charge in [0.2, 0.25) is 0 Å². The third kappa shape index (κ3) is 3.69. The third-order valence-electron chi connectivity index (χ3n) is 4.70. The lowest BCUT2D eigenvalue weighted by atomic mass is 9.99. The van der Waals surface area contributed by atoms with Crippen molar-refractivity contribution in [3.63, 3.8) is 0 Å². The summed E-state index contributed by atoms with van der Waals surface area (Å²) in [6.07, 6.45) is 4.13. The van der Waals surface area contributed by atoms with Crippen LogP contribution >= 0.6 is 0 Å². The summed E-state index contributed by atoms with van der Waals surface area (Å²) in [6.45, 7) is 13.1. The minimum atomic E-state index is 0.330. The molecule has 0 aromatic rings. The topological polar surface area (TPSA) is 18.5 Å². The number of rotatable bonds is 6. The minimum absolute atomic E-state index is 0.330. The van der Waals surface area contributed by atoms with E-state index in [1.807, 2.05) is 0 Å². The first-order chi connectivity index (χ1) is 8.53. The second-order valence-corrected chi connectivity index (χ2v) is 6.87. The van der Waals surface area contributed by atoms with E-state index < -0.39 is 0 Å². The van der Waals surface area contributed by atoms with Gasteiger partial charge in [-0.3, -0.25) is 9.80 Å². The van der Waals surface area contributed by atoms with Gasteiger partial charge in [-0.25, -0.2) is 0 Å². The second kappa shape index (κ2) is 5.89. The lowest BCUT2D eigenvalue weighted by molar-refractivity contribution is 0.0339. The first-order valence-electron chi connectivity index (χ1n) is 7.70. The molecule has 1 heterocycles. The predicted octanol–water partition coefficient (Wildman–Crippen LogP) is 1.79. The van der Waals surface area contributed by atoms with E-state index in [-0.39, 0.29) is 0 Å². The smallest absolute Gasteiger partial charge is 0.0277 e. The van der Waals surface area contributed by atoms with Crippen molar-refractivity contribution in [2.45, 2.75) is 51.6 Å². The Morgan fingerprint density at radius 2 is 2.00 bits per heavy atom. The molecule has 106 valence electrons. The monoisotopic (exact) mass is 253 g/mol. The lowest BCUT2D eigenvalue weighted by Gasteiger charge is -2.46. The van der Waals surface area contributed by atoms with E-state index in [1.54, 1.807) is 0 Å². The Bertz CT molecular complexity index is 260. The van der Waals surface area contributed by atoms with Gasteiger partial charge in [0.15, 0.2) is 0 Å². The summed E-state index contributed by atoms with van der Waals surface area (Å²) in [5.74, 6) is 0.958. The average molecular weight is 253 g/mol. The number of nitrogens with zero attached hydrogens (tertiary/aromatic N) is 2. The molecule has 1 unspecified atom stereocenters. The molecule has 3 nitrogen and oxygen atoms in total. The van der Waals surface area contributed by atoms with Gasteiger partial charge in [-0.05, 0) is 52.6 Å². The molecule has 1 aliphatic heterocycles. The summed E-state index contributed by atoms with van der Waals surface area (Å²) >= 11 is 0. The van der Waals surface area contributed by atoms with Crippen LogP contribution in [0.1, 0.15) is 40.0 Å². The zero-order valence-electron chi connectivity index (χ0n) is 12.7. The Morgan fingerprint density at radius 3 is 2.56 bits per heavy atom. The highest BCUT2D eigenvalue weighted by molar-refractivity contribution is 4.93. The summed E-state index contributed by atoms with van der Waals surface area (Å²) in [4.78, 5) is 5.17. The van der Waals surface area contributed by atoms with Crippen LogP contribution in [-0.2, 0) is 0 Å². The maximum absolute atomic E-state index is 3.76. The molecule has 1 saturated carbocycles. The number of likely N-dealkylation sites (N-methyl/N-ethyl adjacent to an activating group) is 1. The molecule has 2 rings (SSSR count). The van der Waals surface area contributed by atoms with E-state index >= 15 is 0 Å². The van der Waals surface area contributed by atoms with Gasteiger partial charge in [0.05, 0.1) is 0 Å². The van der Waals surface area contributed by atoms with Gasteiger partial charge in [0, 0.05) is 37.8 Å². The van der Waals surface area contributed by atoms with Crippen LogP contribution in [0.2, 0.25) is 0 Å². The maximum atomic E-state index is 3.76. The molecule has 2 fully saturated rings. The van der Waals surface area contributed by atoms with Crippen LogP contribution in [0.15, 0.2) is 0 Å². The van der Waals surface area contributed by atoms with E-state index in [2.05, 4.69) is 42.9 Å². The molecule has 0 bridgehead atoms. The molecule has 3 heteroatoms. The molecule has 1 atom stereocenters. The molecule has 18 heavy (non-hydrogen) atoms. The Kier molecular flexibility index (Phi) is 4.68. The van der Waals surface area contributed by atoms with Crippen LogP contribution in [-0.4, -0.2) is 61.2 Å². The molecule has 2 aliphatic rings. The first-order valence-corrected chi connectivity index (χ1v) is 7.70. The van der Waals surface area contributed by atoms with Crippen molar-refractivity contribution in [3.05, 3.63) is 0 Å². The molecule has 0 amide bonds. The average Bonchev–Trinajstić information content (AvgIpc) is 3.12. The van der Waals surface area contributed by atoms with E-state index in [4.69, 9.17) is 0 Å². The van der Waals surface area contributed by atoms with Crippen molar-refractivity contribution in [1.82, 2.24) is 15.1 Å². The number of nitrogens with one attached hydrogen (secondary N) is 1. The van der Waals surface area contributed by atoms with E-state index in [9.17, 15) is 0 Å². The molecule has 0 aromatic carbocycles. The maximum Gasteiger partial charge on any atom is 0.0277 e. The highest BCUT2D eigenvalue weighted by atomic mass is 15.3. The molecule has 0 radical (unpaired) electrons. The largest absolute Gasteiger partial charge is 0.312 e. The standard InChI is InChI=1S/C15H31N3/c1-5-8-16-14(13-6-7-13)11-18-10-9-17(4)15(2,3)12-18/h13-14,16H,5-12H2,1-4H3. The summed E-state index contributed by atoms with van der Waals surface area (Å²) in [5.41, 5.74) is 0.330. The molecule has 1 aliphatic carbocycles. The van der Waals surface area contributed by atoms with Crippen LogP contribution in [0.5, 0.6) is 0 Å². The Labute approximate surface area is 113 Å². The van der Waals surface area contributed by atoms with Crippen LogP contribution in [0.3, 0.4) is 0 Å². The number of hydrogen-bond donors (Lipinski definition) is 1. The fourth-order valence-electron chi connectivity index (χ4n) is 2.98. The zero-order chi connectivity index (χ0) is 13.2. The van der Waals surface area contributed by atoms with Crippen molar-refractivity contribution in [3.8, 4) is 0 Å². The van der Waals surface area contributed by atoms with Crippen molar-refractivity contribution in [2.75, 3.05) is 39.8 Å². The van der Waals surface area contributed by atoms with Gasteiger partial charge in [-0.2, -0.15) is 0 Å². The second-order valence-electron chi connectivity index (χ2n) is 6.87. The lowest BCUT2D eigenvalue weighted by Crippen LogP contribution is -2.59. The first kappa shape index (κ1) is 14.3. The van der Waals surface area contributed by atoms with Crippen LogP contribution in [0.4, 0.5) is 0 Å². The molecule has 1 N–H and O–H groups in total. The van der Waals surface area contributed by atoms with Crippen molar-refractivity contribution in [1.29, 1.82) is 0 Å². The van der Waals surface area contributed by atoms with E-state index in [1.165, 1.54) is 52.0 Å². The third-order valence-corrected chi connectivity index (χ3v) is 4.70.